The van der Waals surface area contributed by atoms with Crippen LogP contribution in [0.25, 0.3) is 0 Å². The minimum atomic E-state index is -1.44. The molecule has 0 bridgehead atoms. The Hall–Kier alpha value is -3.03. The lowest BCUT2D eigenvalue weighted by Crippen LogP contribution is -2.58. The summed E-state index contributed by atoms with van der Waals surface area (Å²) in [6.07, 6.45) is -3.74. The molecule has 33 heavy (non-hydrogen) atoms. The van der Waals surface area contributed by atoms with Crippen LogP contribution in [0.5, 0.6) is 0 Å². The largest absolute Gasteiger partial charge is 0.455 e. The Morgan fingerprint density at radius 2 is 1.12 bits per heavy atom. The number of aliphatic hydroxyl groups excluding tert-OH is 1. The summed E-state index contributed by atoms with van der Waals surface area (Å²) in [5.41, 5.74) is 2.91. The minimum Gasteiger partial charge on any atom is -0.455 e. The molecule has 1 heterocycles. The number of rotatable bonds is 10. The van der Waals surface area contributed by atoms with Gasteiger partial charge < -0.3 is 24.1 Å². The molecule has 0 unspecified atom stereocenters. The second-order valence-electron chi connectivity index (χ2n) is 7.94. The zero-order chi connectivity index (χ0) is 22.9. The van der Waals surface area contributed by atoms with Gasteiger partial charge in [-0.25, -0.2) is 4.79 Å². The maximum absolute atomic E-state index is 12.4. The fraction of sp³-hybridized carbons (Fsp3) is 0.296. The molecule has 1 N–H and O–H groups in total. The van der Waals surface area contributed by atoms with Crippen LogP contribution in [0.1, 0.15) is 16.7 Å². The number of carbonyl (C=O) groups is 1. The first kappa shape index (κ1) is 23.1. The number of cyclic esters (lactones) is 1. The summed E-state index contributed by atoms with van der Waals surface area (Å²) >= 11 is 0. The summed E-state index contributed by atoms with van der Waals surface area (Å²) in [6.45, 7) is 1.02. The Labute approximate surface area is 193 Å². The lowest BCUT2D eigenvalue weighted by molar-refractivity contribution is -0.230. The van der Waals surface area contributed by atoms with Crippen LogP contribution in [0.4, 0.5) is 0 Å². The van der Waals surface area contributed by atoms with E-state index in [0.717, 1.165) is 16.7 Å². The molecule has 3 aromatic carbocycles. The highest BCUT2D eigenvalue weighted by Crippen LogP contribution is 2.25. The monoisotopic (exact) mass is 448 g/mol. The normalized spacial score (nSPS) is 22.6. The van der Waals surface area contributed by atoms with Crippen LogP contribution in [0.3, 0.4) is 0 Å². The molecule has 0 amide bonds. The predicted molar refractivity (Wildman–Crippen MR) is 122 cm³/mol. The molecule has 0 aromatic heterocycles. The van der Waals surface area contributed by atoms with Gasteiger partial charge in [-0.05, 0) is 16.7 Å². The average Bonchev–Trinajstić information content (AvgIpc) is 2.86. The number of aliphatic hydroxyl groups is 1. The van der Waals surface area contributed by atoms with E-state index in [-0.39, 0.29) is 19.8 Å². The fourth-order valence-electron chi connectivity index (χ4n) is 3.73. The van der Waals surface area contributed by atoms with Crippen LogP contribution in [-0.2, 0) is 43.6 Å². The Morgan fingerprint density at radius 1 is 0.667 bits per heavy atom. The van der Waals surface area contributed by atoms with Crippen LogP contribution < -0.4 is 0 Å². The third-order valence-corrected chi connectivity index (χ3v) is 5.47. The molecule has 0 saturated carbocycles. The molecular formula is C27H28O6. The molecule has 1 aliphatic rings. The Morgan fingerprint density at radius 3 is 1.64 bits per heavy atom. The van der Waals surface area contributed by atoms with Crippen molar-refractivity contribution in [2.75, 3.05) is 6.61 Å². The predicted octanol–water partition coefficient (Wildman–Crippen LogP) is 3.66. The van der Waals surface area contributed by atoms with Crippen LogP contribution in [0.15, 0.2) is 91.0 Å². The standard InChI is InChI=1S/C27H28O6/c28-24-26(32-18-22-14-8-3-9-15-22)25(31-17-21-12-6-2-7-13-21)23(33-27(24)29)19-30-16-20-10-4-1-5-11-20/h1-15,23-26,28H,16-19H2/t23-,24-,25+,26-/m1/s1. The number of hydrogen-bond acceptors (Lipinski definition) is 6. The third kappa shape index (κ3) is 6.49. The Bertz CT molecular complexity index is 979. The third-order valence-electron chi connectivity index (χ3n) is 5.47. The summed E-state index contributed by atoms with van der Waals surface area (Å²) in [4.78, 5) is 12.4. The molecule has 0 spiro atoms. The summed E-state index contributed by atoms with van der Waals surface area (Å²) in [7, 11) is 0. The first-order valence-corrected chi connectivity index (χ1v) is 11.0. The molecule has 1 saturated heterocycles. The number of carbonyl (C=O) groups excluding carboxylic acids is 1. The fourth-order valence-corrected chi connectivity index (χ4v) is 3.73. The van der Waals surface area contributed by atoms with E-state index in [1.165, 1.54) is 0 Å². The van der Waals surface area contributed by atoms with Crippen molar-refractivity contribution < 1.29 is 28.8 Å². The lowest BCUT2D eigenvalue weighted by atomic mass is 9.99. The maximum Gasteiger partial charge on any atom is 0.338 e. The number of ether oxygens (including phenoxy) is 4. The van der Waals surface area contributed by atoms with Crippen molar-refractivity contribution >= 4 is 5.97 Å². The quantitative estimate of drug-likeness (QED) is 0.477. The van der Waals surface area contributed by atoms with Gasteiger partial charge >= 0.3 is 5.97 Å². The number of benzene rings is 3. The molecule has 0 aliphatic carbocycles. The molecule has 1 fully saturated rings. The van der Waals surface area contributed by atoms with Gasteiger partial charge in [0.15, 0.2) is 12.2 Å². The van der Waals surface area contributed by atoms with Crippen molar-refractivity contribution in [3.63, 3.8) is 0 Å². The van der Waals surface area contributed by atoms with E-state index in [0.29, 0.717) is 6.61 Å². The number of esters is 1. The van der Waals surface area contributed by atoms with Crippen molar-refractivity contribution in [1.29, 1.82) is 0 Å². The van der Waals surface area contributed by atoms with Crippen molar-refractivity contribution in [3.8, 4) is 0 Å². The van der Waals surface area contributed by atoms with Crippen molar-refractivity contribution in [3.05, 3.63) is 108 Å². The van der Waals surface area contributed by atoms with Crippen LogP contribution >= 0.6 is 0 Å². The minimum absolute atomic E-state index is 0.123. The van der Waals surface area contributed by atoms with Gasteiger partial charge in [-0.3, -0.25) is 0 Å². The molecule has 4 rings (SSSR count). The van der Waals surface area contributed by atoms with Gasteiger partial charge in [-0.1, -0.05) is 91.0 Å². The SMILES string of the molecule is O=C1O[C@H](COCc2ccccc2)[C@H](OCc2ccccc2)[C@H](OCc2ccccc2)[C@H]1O. The molecule has 172 valence electrons. The highest BCUT2D eigenvalue weighted by atomic mass is 16.6. The first-order valence-electron chi connectivity index (χ1n) is 11.0. The van der Waals surface area contributed by atoms with E-state index < -0.39 is 30.4 Å². The highest BCUT2D eigenvalue weighted by Gasteiger charge is 2.47. The second-order valence-corrected chi connectivity index (χ2v) is 7.94. The summed E-state index contributed by atoms with van der Waals surface area (Å²) in [6, 6.07) is 29.0. The van der Waals surface area contributed by atoms with Gasteiger partial charge in [-0.15, -0.1) is 0 Å². The van der Waals surface area contributed by atoms with Gasteiger partial charge in [-0.2, -0.15) is 0 Å². The molecule has 1 aliphatic heterocycles. The summed E-state index contributed by atoms with van der Waals surface area (Å²) < 4.78 is 23.5. The van der Waals surface area contributed by atoms with E-state index in [9.17, 15) is 9.90 Å². The van der Waals surface area contributed by atoms with E-state index in [1.54, 1.807) is 0 Å². The van der Waals surface area contributed by atoms with Crippen molar-refractivity contribution in [2.45, 2.75) is 44.2 Å². The zero-order valence-electron chi connectivity index (χ0n) is 18.3. The first-order chi connectivity index (χ1) is 16.2. The Kier molecular flexibility index (Phi) is 8.22. The number of hydrogen-bond donors (Lipinski definition) is 1. The van der Waals surface area contributed by atoms with E-state index in [1.807, 2.05) is 91.0 Å². The molecule has 6 nitrogen and oxygen atoms in total. The smallest absolute Gasteiger partial charge is 0.338 e. The maximum atomic E-state index is 12.4. The van der Waals surface area contributed by atoms with Gasteiger partial charge in [0.1, 0.15) is 12.2 Å². The van der Waals surface area contributed by atoms with Crippen molar-refractivity contribution in [1.82, 2.24) is 0 Å². The second kappa shape index (κ2) is 11.7. The average molecular weight is 449 g/mol. The molecule has 6 heteroatoms. The topological polar surface area (TPSA) is 74.2 Å². The van der Waals surface area contributed by atoms with Gasteiger partial charge in [0, 0.05) is 0 Å². The Balaban J connectivity index is 1.46. The molecular weight excluding hydrogens is 420 g/mol. The van der Waals surface area contributed by atoms with Crippen LogP contribution in [-0.4, -0.2) is 42.1 Å². The van der Waals surface area contributed by atoms with Gasteiger partial charge in [0.2, 0.25) is 0 Å². The van der Waals surface area contributed by atoms with Crippen molar-refractivity contribution in [2.24, 2.45) is 0 Å². The van der Waals surface area contributed by atoms with E-state index >= 15 is 0 Å². The van der Waals surface area contributed by atoms with Gasteiger partial charge in [0.25, 0.3) is 0 Å². The van der Waals surface area contributed by atoms with Gasteiger partial charge in [0.05, 0.1) is 26.4 Å². The van der Waals surface area contributed by atoms with E-state index in [2.05, 4.69) is 0 Å². The molecule has 3 aromatic rings. The summed E-state index contributed by atoms with van der Waals surface area (Å²) in [5.74, 6) is -0.735. The van der Waals surface area contributed by atoms with Crippen LogP contribution in [0, 0.1) is 0 Å². The highest BCUT2D eigenvalue weighted by molar-refractivity contribution is 5.76. The lowest BCUT2D eigenvalue weighted by Gasteiger charge is -2.39. The van der Waals surface area contributed by atoms with Crippen LogP contribution in [0.2, 0.25) is 0 Å². The molecule has 0 radical (unpaired) electrons. The summed E-state index contributed by atoms with van der Waals surface area (Å²) in [5, 5.41) is 10.6. The van der Waals surface area contributed by atoms with E-state index in [4.69, 9.17) is 18.9 Å². The molecule has 4 atom stereocenters. The zero-order valence-corrected chi connectivity index (χ0v) is 18.3.